The molecule has 2 aromatic carbocycles. The zero-order valence-corrected chi connectivity index (χ0v) is 30.1. The number of aromatic hydroxyl groups is 2. The molecule has 12 nitrogen and oxygen atoms in total. The number of nitrogens with zero attached hydrogens (tertiary/aromatic N) is 2. The fourth-order valence-electron chi connectivity index (χ4n) is 5.71. The number of carbonyl (C=O) groups is 1. The first-order valence-electron chi connectivity index (χ1n) is 17.4. The minimum absolute atomic E-state index is 0.0281. The lowest BCUT2D eigenvalue weighted by Gasteiger charge is -2.18. The van der Waals surface area contributed by atoms with Crippen LogP contribution in [-0.2, 0) is 20.2 Å². The van der Waals surface area contributed by atoms with Crippen LogP contribution >= 0.6 is 7.82 Å². The Morgan fingerprint density at radius 1 is 0.706 bits per heavy atom. The SMILES string of the molecule is Cc1c(O)c(=O)ccn1-c1cc(C(=O)NCCCCCCCCCCCCOP(=O)(O)OCc2ccccc2)cc(-n2ccc(=O)c(O)c2C)c1. The van der Waals surface area contributed by atoms with E-state index in [1.807, 2.05) is 30.3 Å². The quantitative estimate of drug-likeness (QED) is 0.0556. The normalized spacial score (nSPS) is 12.5. The summed E-state index contributed by atoms with van der Waals surface area (Å²) in [6.45, 7) is 3.90. The van der Waals surface area contributed by atoms with Crippen molar-refractivity contribution in [1.29, 1.82) is 0 Å². The van der Waals surface area contributed by atoms with E-state index in [1.54, 1.807) is 41.2 Å². The maximum absolute atomic E-state index is 13.3. The molecule has 274 valence electrons. The second-order valence-corrected chi connectivity index (χ2v) is 14.0. The van der Waals surface area contributed by atoms with Gasteiger partial charge in [-0.1, -0.05) is 81.7 Å². The van der Waals surface area contributed by atoms with Crippen molar-refractivity contribution in [1.82, 2.24) is 14.5 Å². The molecule has 0 radical (unpaired) electrons. The van der Waals surface area contributed by atoms with Crippen LogP contribution in [0.1, 0.15) is 91.5 Å². The van der Waals surface area contributed by atoms with Crippen LogP contribution in [0.3, 0.4) is 0 Å². The molecule has 0 bridgehead atoms. The molecular formula is C38H48N3O9P. The van der Waals surface area contributed by atoms with E-state index in [4.69, 9.17) is 9.05 Å². The summed E-state index contributed by atoms with van der Waals surface area (Å²) < 4.78 is 25.4. The van der Waals surface area contributed by atoms with Crippen molar-refractivity contribution in [3.8, 4) is 22.9 Å². The Kier molecular flexibility index (Phi) is 14.8. The van der Waals surface area contributed by atoms with Crippen molar-refractivity contribution < 1.29 is 33.5 Å². The van der Waals surface area contributed by atoms with Crippen molar-refractivity contribution in [3.63, 3.8) is 0 Å². The molecule has 0 saturated carbocycles. The highest BCUT2D eigenvalue weighted by atomic mass is 31.2. The number of hydrogen-bond donors (Lipinski definition) is 4. The number of aromatic nitrogens is 2. The van der Waals surface area contributed by atoms with Gasteiger partial charge in [-0.15, -0.1) is 0 Å². The monoisotopic (exact) mass is 721 g/mol. The summed E-state index contributed by atoms with van der Waals surface area (Å²) in [5.74, 6) is -1.08. The van der Waals surface area contributed by atoms with Crippen molar-refractivity contribution in [2.75, 3.05) is 13.2 Å². The Balaban J connectivity index is 1.16. The highest BCUT2D eigenvalue weighted by Gasteiger charge is 2.20. The molecular weight excluding hydrogens is 673 g/mol. The van der Waals surface area contributed by atoms with E-state index < -0.39 is 30.2 Å². The summed E-state index contributed by atoms with van der Waals surface area (Å²) >= 11 is 0. The second kappa shape index (κ2) is 19.2. The molecule has 0 saturated heterocycles. The van der Waals surface area contributed by atoms with Crippen LogP contribution in [0.5, 0.6) is 11.5 Å². The highest BCUT2D eigenvalue weighted by Crippen LogP contribution is 2.44. The minimum Gasteiger partial charge on any atom is -0.503 e. The molecule has 0 aliphatic carbocycles. The number of rotatable bonds is 20. The molecule has 0 spiro atoms. The second-order valence-electron chi connectivity index (χ2n) is 12.6. The summed E-state index contributed by atoms with van der Waals surface area (Å²) in [4.78, 5) is 47.1. The number of nitrogens with one attached hydrogen (secondary N) is 1. The molecule has 2 heterocycles. The summed E-state index contributed by atoms with van der Waals surface area (Å²) in [6.07, 6.45) is 13.0. The smallest absolute Gasteiger partial charge is 0.472 e. The average Bonchev–Trinajstić information content (AvgIpc) is 3.12. The Labute approximate surface area is 297 Å². The molecule has 1 atom stereocenters. The third kappa shape index (κ3) is 11.8. The maximum atomic E-state index is 13.3. The number of phosphoric ester groups is 1. The van der Waals surface area contributed by atoms with Crippen molar-refractivity contribution in [2.45, 2.75) is 84.7 Å². The van der Waals surface area contributed by atoms with E-state index in [2.05, 4.69) is 5.32 Å². The molecule has 0 fully saturated rings. The third-order valence-corrected chi connectivity index (χ3v) is 9.66. The van der Waals surface area contributed by atoms with Gasteiger partial charge in [0.1, 0.15) is 0 Å². The lowest BCUT2D eigenvalue weighted by molar-refractivity contribution is 0.0952. The number of pyridine rings is 2. The molecule has 0 aliphatic rings. The first-order valence-corrected chi connectivity index (χ1v) is 18.9. The fourth-order valence-corrected chi connectivity index (χ4v) is 6.45. The van der Waals surface area contributed by atoms with E-state index in [1.165, 1.54) is 24.5 Å². The summed E-state index contributed by atoms with van der Waals surface area (Å²) in [6, 6.07) is 16.7. The Hall–Kier alpha value is -4.48. The van der Waals surface area contributed by atoms with Crippen LogP contribution in [0, 0.1) is 13.8 Å². The van der Waals surface area contributed by atoms with Gasteiger partial charge in [-0.05, 0) is 50.5 Å². The zero-order valence-electron chi connectivity index (χ0n) is 29.3. The van der Waals surface area contributed by atoms with Crippen LogP contribution < -0.4 is 16.2 Å². The molecule has 13 heteroatoms. The van der Waals surface area contributed by atoms with Gasteiger partial charge in [0.2, 0.25) is 10.9 Å². The van der Waals surface area contributed by atoms with E-state index >= 15 is 0 Å². The molecule has 4 N–H and O–H groups in total. The van der Waals surface area contributed by atoms with Gasteiger partial charge in [0.05, 0.1) is 24.6 Å². The van der Waals surface area contributed by atoms with Crippen molar-refractivity contribution in [3.05, 3.63) is 116 Å². The van der Waals surface area contributed by atoms with Gasteiger partial charge in [0, 0.05) is 48.0 Å². The first kappa shape index (κ1) is 39.3. The Morgan fingerprint density at radius 2 is 1.20 bits per heavy atom. The molecule has 4 rings (SSSR count). The van der Waals surface area contributed by atoms with Crippen molar-refractivity contribution in [2.24, 2.45) is 0 Å². The van der Waals surface area contributed by atoms with E-state index in [0.29, 0.717) is 41.3 Å². The topological polar surface area (TPSA) is 169 Å². The molecule has 51 heavy (non-hydrogen) atoms. The standard InChI is InChI=1S/C38H48N3O9P/c1-28-36(44)34(42)18-21-40(28)32-24-31(25-33(26-32)41-22-19-35(43)37(45)29(41)2)38(46)39-20-14-9-7-5-3-4-6-8-10-15-23-49-51(47,48)50-27-30-16-12-11-13-17-30/h11-13,16-19,21-22,24-26,44-45H,3-10,14-15,20,23,27H2,1-2H3,(H,39,46)(H,47,48). The Morgan fingerprint density at radius 3 is 1.73 bits per heavy atom. The largest absolute Gasteiger partial charge is 0.503 e. The molecule has 4 aromatic rings. The van der Waals surface area contributed by atoms with Crippen LogP contribution in [0.15, 0.2) is 82.6 Å². The van der Waals surface area contributed by atoms with E-state index in [0.717, 1.165) is 63.4 Å². The number of unbranched alkanes of at least 4 members (excludes halogenated alkanes) is 9. The van der Waals surface area contributed by atoms with Gasteiger partial charge in [0.25, 0.3) is 5.91 Å². The third-order valence-electron chi connectivity index (χ3n) is 8.69. The van der Waals surface area contributed by atoms with Crippen molar-refractivity contribution >= 4 is 13.7 Å². The first-order chi connectivity index (χ1) is 24.5. The lowest BCUT2D eigenvalue weighted by atomic mass is 10.1. The van der Waals surface area contributed by atoms with Crippen LogP contribution in [0.4, 0.5) is 0 Å². The molecule has 2 aromatic heterocycles. The molecule has 1 unspecified atom stereocenters. The van der Waals surface area contributed by atoms with Crippen LogP contribution in [-0.4, -0.2) is 43.3 Å². The Bertz CT molecular complexity index is 1840. The van der Waals surface area contributed by atoms with Gasteiger partial charge >= 0.3 is 7.82 Å². The lowest BCUT2D eigenvalue weighted by Crippen LogP contribution is -2.25. The van der Waals surface area contributed by atoms with Gasteiger partial charge in [0.15, 0.2) is 11.5 Å². The average molecular weight is 722 g/mol. The fraction of sp³-hybridized carbons (Fsp3) is 0.395. The van der Waals surface area contributed by atoms with Gasteiger partial charge in [-0.3, -0.25) is 23.4 Å². The predicted molar refractivity (Wildman–Crippen MR) is 196 cm³/mol. The number of carbonyl (C=O) groups excluding carboxylic acids is 1. The van der Waals surface area contributed by atoms with E-state index in [-0.39, 0.29) is 19.1 Å². The summed E-state index contributed by atoms with van der Waals surface area (Å²) in [5, 5.41) is 23.5. The summed E-state index contributed by atoms with van der Waals surface area (Å²) in [7, 11) is -4.06. The van der Waals surface area contributed by atoms with Crippen LogP contribution in [0.2, 0.25) is 0 Å². The van der Waals surface area contributed by atoms with Gasteiger partial charge in [-0.2, -0.15) is 0 Å². The zero-order chi connectivity index (χ0) is 36.8. The van der Waals surface area contributed by atoms with Crippen LogP contribution in [0.25, 0.3) is 11.4 Å². The number of amides is 1. The maximum Gasteiger partial charge on any atom is 0.472 e. The van der Waals surface area contributed by atoms with Gasteiger partial charge < -0.3 is 29.6 Å². The molecule has 1 amide bonds. The highest BCUT2D eigenvalue weighted by molar-refractivity contribution is 7.47. The summed E-state index contributed by atoms with van der Waals surface area (Å²) in [5.41, 5.74) is 1.75. The number of hydrogen-bond acceptors (Lipinski definition) is 8. The number of phosphoric acid groups is 1. The molecule has 0 aliphatic heterocycles. The van der Waals surface area contributed by atoms with Gasteiger partial charge in [-0.25, -0.2) is 4.57 Å². The van der Waals surface area contributed by atoms with E-state index in [9.17, 15) is 34.1 Å². The minimum atomic E-state index is -4.06. The predicted octanol–water partition coefficient (Wildman–Crippen LogP) is 6.98. The number of benzene rings is 2.